The fourth-order valence-corrected chi connectivity index (χ4v) is 3.54. The lowest BCUT2D eigenvalue weighted by Crippen LogP contribution is -2.04. The molecule has 0 spiro atoms. The van der Waals surface area contributed by atoms with E-state index in [-0.39, 0.29) is 0 Å². The number of rotatable bonds is 4. The summed E-state index contributed by atoms with van der Waals surface area (Å²) >= 11 is 0. The summed E-state index contributed by atoms with van der Waals surface area (Å²) in [6.45, 7) is 4.49. The molecule has 0 atom stereocenters. The van der Waals surface area contributed by atoms with Crippen molar-refractivity contribution < 1.29 is 0 Å². The summed E-state index contributed by atoms with van der Waals surface area (Å²) < 4.78 is 0. The van der Waals surface area contributed by atoms with Crippen LogP contribution < -0.4 is 5.32 Å². The minimum atomic E-state index is 0.533. The van der Waals surface area contributed by atoms with E-state index >= 15 is 0 Å². The molecule has 22 heavy (non-hydrogen) atoms. The fraction of sp³-hybridized carbons (Fsp3) is 0.429. The lowest BCUT2D eigenvalue weighted by molar-refractivity contribution is 0.443. The van der Waals surface area contributed by atoms with E-state index in [1.807, 2.05) is 0 Å². The first-order valence-electron chi connectivity index (χ1n) is 8.70. The highest BCUT2D eigenvalue weighted by Gasteiger charge is 2.15. The molecule has 0 unspecified atom stereocenters. The minimum Gasteiger partial charge on any atom is -0.355 e. The Hall–Kier alpha value is -1.76. The van der Waals surface area contributed by atoms with Crippen LogP contribution in [-0.2, 0) is 0 Å². The molecule has 0 radical (unpaired) electrons. The van der Waals surface area contributed by atoms with Crippen LogP contribution in [-0.4, -0.2) is 0 Å². The summed E-state index contributed by atoms with van der Waals surface area (Å²) in [4.78, 5) is 0. The van der Waals surface area contributed by atoms with Crippen molar-refractivity contribution in [2.24, 2.45) is 0 Å². The highest BCUT2D eigenvalue weighted by molar-refractivity contribution is 5.64. The normalized spacial score (nSPS) is 16.0. The molecule has 1 fully saturated rings. The molecule has 1 aliphatic rings. The first kappa shape index (κ1) is 15.1. The molecule has 116 valence electrons. The van der Waals surface area contributed by atoms with Crippen molar-refractivity contribution in [3.05, 3.63) is 59.7 Å². The van der Waals surface area contributed by atoms with Gasteiger partial charge in [-0.15, -0.1) is 0 Å². The van der Waals surface area contributed by atoms with Crippen LogP contribution in [0, 0.1) is 0 Å². The van der Waals surface area contributed by atoms with Gasteiger partial charge >= 0.3 is 0 Å². The summed E-state index contributed by atoms with van der Waals surface area (Å²) in [5, 5.41) is 3.58. The smallest absolute Gasteiger partial charge is 0.0419 e. The van der Waals surface area contributed by atoms with Gasteiger partial charge in [0, 0.05) is 11.4 Å². The molecule has 0 saturated heterocycles. The van der Waals surface area contributed by atoms with E-state index < -0.39 is 0 Å². The average Bonchev–Trinajstić information content (AvgIpc) is 2.57. The van der Waals surface area contributed by atoms with Crippen LogP contribution in [0.15, 0.2) is 48.5 Å². The van der Waals surface area contributed by atoms with Crippen molar-refractivity contribution in [1.29, 1.82) is 0 Å². The molecule has 0 aliphatic heterocycles. The molecule has 2 aromatic rings. The Balaban J connectivity index is 1.73. The van der Waals surface area contributed by atoms with Crippen molar-refractivity contribution in [2.45, 2.75) is 57.8 Å². The van der Waals surface area contributed by atoms with Gasteiger partial charge in [-0.05, 0) is 54.0 Å². The maximum Gasteiger partial charge on any atom is 0.0419 e. The second-order valence-corrected chi connectivity index (χ2v) is 6.82. The van der Waals surface area contributed by atoms with Crippen molar-refractivity contribution in [1.82, 2.24) is 0 Å². The van der Waals surface area contributed by atoms with Gasteiger partial charge in [0.2, 0.25) is 0 Å². The Kier molecular flexibility index (Phi) is 4.82. The molecule has 3 rings (SSSR count). The van der Waals surface area contributed by atoms with Crippen LogP contribution in [0.3, 0.4) is 0 Å². The third kappa shape index (κ3) is 3.52. The molecule has 1 nitrogen and oxygen atoms in total. The topological polar surface area (TPSA) is 12.0 Å². The zero-order valence-corrected chi connectivity index (χ0v) is 13.8. The Morgan fingerprint density at radius 2 is 1.55 bits per heavy atom. The van der Waals surface area contributed by atoms with Crippen LogP contribution in [0.5, 0.6) is 0 Å². The second-order valence-electron chi connectivity index (χ2n) is 6.82. The monoisotopic (exact) mass is 293 g/mol. The predicted octanol–water partition coefficient (Wildman–Crippen LogP) is 6.60. The average molecular weight is 293 g/mol. The van der Waals surface area contributed by atoms with Gasteiger partial charge in [-0.1, -0.05) is 63.4 Å². The SMILES string of the molecule is CC(C)c1ccccc1Nc1ccc(C2CCCCC2)cc1. The standard InChI is InChI=1S/C21H27N/c1-16(2)20-10-6-7-11-21(20)22-19-14-12-18(13-15-19)17-8-4-3-5-9-17/h6-7,10-17,22H,3-5,8-9H2,1-2H3. The van der Waals surface area contributed by atoms with Crippen molar-refractivity contribution in [3.63, 3.8) is 0 Å². The quantitative estimate of drug-likeness (QED) is 0.669. The lowest BCUT2D eigenvalue weighted by Gasteiger charge is -2.22. The van der Waals surface area contributed by atoms with Gasteiger partial charge in [-0.2, -0.15) is 0 Å². The van der Waals surface area contributed by atoms with Crippen LogP contribution >= 0.6 is 0 Å². The molecule has 0 amide bonds. The molecule has 0 aromatic heterocycles. The largest absolute Gasteiger partial charge is 0.355 e. The highest BCUT2D eigenvalue weighted by Crippen LogP contribution is 2.33. The summed E-state index contributed by atoms with van der Waals surface area (Å²) in [7, 11) is 0. The van der Waals surface area contributed by atoms with Crippen LogP contribution in [0.4, 0.5) is 11.4 Å². The third-order valence-electron chi connectivity index (χ3n) is 4.85. The van der Waals surface area contributed by atoms with E-state index in [4.69, 9.17) is 0 Å². The maximum atomic E-state index is 3.58. The molecule has 1 saturated carbocycles. The Labute approximate surface area is 134 Å². The number of hydrogen-bond acceptors (Lipinski definition) is 1. The van der Waals surface area contributed by atoms with Crippen LogP contribution in [0.25, 0.3) is 0 Å². The summed E-state index contributed by atoms with van der Waals surface area (Å²) in [6, 6.07) is 17.7. The summed E-state index contributed by atoms with van der Waals surface area (Å²) in [5.41, 5.74) is 5.30. The molecular formula is C21H27N. The van der Waals surface area contributed by atoms with E-state index in [2.05, 4.69) is 67.7 Å². The molecule has 2 aromatic carbocycles. The number of nitrogens with one attached hydrogen (secondary N) is 1. The zero-order valence-electron chi connectivity index (χ0n) is 13.8. The molecule has 0 bridgehead atoms. The van der Waals surface area contributed by atoms with Gasteiger partial charge in [0.25, 0.3) is 0 Å². The Morgan fingerprint density at radius 1 is 0.864 bits per heavy atom. The molecular weight excluding hydrogens is 266 g/mol. The maximum absolute atomic E-state index is 3.58. The summed E-state index contributed by atoms with van der Waals surface area (Å²) in [6.07, 6.45) is 6.94. The van der Waals surface area contributed by atoms with Gasteiger partial charge in [0.1, 0.15) is 0 Å². The van der Waals surface area contributed by atoms with E-state index in [1.165, 1.54) is 54.6 Å². The number of benzene rings is 2. The first-order valence-corrected chi connectivity index (χ1v) is 8.70. The Morgan fingerprint density at radius 3 is 2.23 bits per heavy atom. The molecule has 1 heteroatoms. The van der Waals surface area contributed by atoms with Gasteiger partial charge in [0.05, 0.1) is 0 Å². The molecule has 1 N–H and O–H groups in total. The minimum absolute atomic E-state index is 0.533. The van der Waals surface area contributed by atoms with E-state index in [1.54, 1.807) is 0 Å². The van der Waals surface area contributed by atoms with Crippen molar-refractivity contribution >= 4 is 11.4 Å². The van der Waals surface area contributed by atoms with Crippen molar-refractivity contribution in [2.75, 3.05) is 5.32 Å². The zero-order chi connectivity index (χ0) is 15.4. The van der Waals surface area contributed by atoms with Crippen molar-refractivity contribution in [3.8, 4) is 0 Å². The molecule has 1 aliphatic carbocycles. The summed E-state index contributed by atoms with van der Waals surface area (Å²) in [5.74, 6) is 1.32. The highest BCUT2D eigenvalue weighted by atomic mass is 14.9. The predicted molar refractivity (Wildman–Crippen MR) is 96.1 cm³/mol. The van der Waals surface area contributed by atoms with E-state index in [9.17, 15) is 0 Å². The lowest BCUT2D eigenvalue weighted by atomic mass is 9.84. The van der Waals surface area contributed by atoms with Crippen LogP contribution in [0.1, 0.15) is 68.9 Å². The van der Waals surface area contributed by atoms with Gasteiger partial charge in [0.15, 0.2) is 0 Å². The number of anilines is 2. The number of hydrogen-bond donors (Lipinski definition) is 1. The number of para-hydroxylation sites is 1. The van der Waals surface area contributed by atoms with Crippen LogP contribution in [0.2, 0.25) is 0 Å². The fourth-order valence-electron chi connectivity index (χ4n) is 3.54. The Bertz CT molecular complexity index is 592. The van der Waals surface area contributed by atoms with E-state index in [0.29, 0.717) is 5.92 Å². The second kappa shape index (κ2) is 7.00. The van der Waals surface area contributed by atoms with E-state index in [0.717, 1.165) is 5.92 Å². The van der Waals surface area contributed by atoms with Gasteiger partial charge < -0.3 is 5.32 Å². The third-order valence-corrected chi connectivity index (χ3v) is 4.85. The first-order chi connectivity index (χ1) is 10.7. The van der Waals surface area contributed by atoms with Gasteiger partial charge in [-0.3, -0.25) is 0 Å². The molecule has 0 heterocycles. The van der Waals surface area contributed by atoms with Gasteiger partial charge in [-0.25, -0.2) is 0 Å².